The van der Waals surface area contributed by atoms with Crippen molar-refractivity contribution in [1.29, 1.82) is 0 Å². The van der Waals surface area contributed by atoms with E-state index in [2.05, 4.69) is 20.9 Å². The van der Waals surface area contributed by atoms with Crippen molar-refractivity contribution in [1.82, 2.24) is 9.88 Å². The molecule has 0 N–H and O–H groups in total. The second-order valence-corrected chi connectivity index (χ2v) is 6.51. The molecule has 0 saturated heterocycles. The number of carbonyl (C=O) groups excluding carboxylic acids is 1. The second kappa shape index (κ2) is 5.84. The predicted molar refractivity (Wildman–Crippen MR) is 81.5 cm³/mol. The molecule has 2 rings (SSSR count). The molecule has 2 aromatic rings. The first kappa shape index (κ1) is 14.2. The largest absolute Gasteiger partial charge is 0.336 e. The third-order valence-corrected chi connectivity index (χ3v) is 3.98. The number of thiazole rings is 1. The van der Waals surface area contributed by atoms with Crippen LogP contribution < -0.4 is 0 Å². The molecule has 100 valence electrons. The molecule has 0 saturated carbocycles. The van der Waals surface area contributed by atoms with Crippen LogP contribution in [0.4, 0.5) is 0 Å². The van der Waals surface area contributed by atoms with Crippen LogP contribution in [0.3, 0.4) is 0 Å². The van der Waals surface area contributed by atoms with Gasteiger partial charge in [0.2, 0.25) is 0 Å². The van der Waals surface area contributed by atoms with Gasteiger partial charge in [-0.15, -0.1) is 11.3 Å². The molecule has 1 amide bonds. The minimum atomic E-state index is 0.00931. The van der Waals surface area contributed by atoms with E-state index < -0.39 is 0 Å². The van der Waals surface area contributed by atoms with E-state index in [0.29, 0.717) is 12.1 Å². The second-order valence-electron chi connectivity index (χ2n) is 4.54. The van der Waals surface area contributed by atoms with E-state index >= 15 is 0 Å². The summed E-state index contributed by atoms with van der Waals surface area (Å²) in [6.45, 7) is 4.48. The number of halogens is 1. The van der Waals surface area contributed by atoms with Crippen molar-refractivity contribution >= 4 is 33.2 Å². The standard InChI is InChI=1S/C14H15BrN2OS/c1-9-4-11(6-12(15)5-9)14(18)17(3)7-13-8-19-10(2)16-13/h4-6,8H,7H2,1-3H3. The Morgan fingerprint density at radius 1 is 1.37 bits per heavy atom. The van der Waals surface area contributed by atoms with Gasteiger partial charge in [-0.25, -0.2) is 4.98 Å². The molecule has 0 aliphatic carbocycles. The molecule has 0 radical (unpaired) electrons. The van der Waals surface area contributed by atoms with Gasteiger partial charge in [-0.2, -0.15) is 0 Å². The fourth-order valence-corrected chi connectivity index (χ4v) is 3.09. The van der Waals surface area contributed by atoms with Crippen LogP contribution in [-0.2, 0) is 6.54 Å². The Bertz CT molecular complexity index is 589. The average molecular weight is 339 g/mol. The summed E-state index contributed by atoms with van der Waals surface area (Å²) >= 11 is 5.02. The maximum atomic E-state index is 12.3. The quantitative estimate of drug-likeness (QED) is 0.852. The highest BCUT2D eigenvalue weighted by Crippen LogP contribution is 2.17. The molecule has 0 unspecified atom stereocenters. The third kappa shape index (κ3) is 3.64. The van der Waals surface area contributed by atoms with Gasteiger partial charge in [0.1, 0.15) is 0 Å². The van der Waals surface area contributed by atoms with E-state index in [4.69, 9.17) is 0 Å². The third-order valence-electron chi connectivity index (χ3n) is 2.70. The summed E-state index contributed by atoms with van der Waals surface area (Å²) in [4.78, 5) is 18.4. The van der Waals surface area contributed by atoms with Crippen molar-refractivity contribution in [2.24, 2.45) is 0 Å². The van der Waals surface area contributed by atoms with Gasteiger partial charge in [-0.1, -0.05) is 15.9 Å². The zero-order valence-electron chi connectivity index (χ0n) is 11.1. The summed E-state index contributed by atoms with van der Waals surface area (Å²) in [6, 6.07) is 5.73. The zero-order valence-corrected chi connectivity index (χ0v) is 13.5. The summed E-state index contributed by atoms with van der Waals surface area (Å²) < 4.78 is 0.925. The minimum Gasteiger partial charge on any atom is -0.336 e. The maximum absolute atomic E-state index is 12.3. The number of aryl methyl sites for hydroxylation is 2. The van der Waals surface area contributed by atoms with Crippen LogP contribution in [0.25, 0.3) is 0 Å². The number of amides is 1. The van der Waals surface area contributed by atoms with Crippen molar-refractivity contribution < 1.29 is 4.79 Å². The molecule has 0 spiro atoms. The Morgan fingerprint density at radius 2 is 2.11 bits per heavy atom. The molecule has 0 fully saturated rings. The number of aromatic nitrogens is 1. The van der Waals surface area contributed by atoms with Gasteiger partial charge in [0, 0.05) is 22.5 Å². The van der Waals surface area contributed by atoms with Crippen molar-refractivity contribution in [3.63, 3.8) is 0 Å². The van der Waals surface area contributed by atoms with E-state index in [-0.39, 0.29) is 5.91 Å². The number of rotatable bonds is 3. The monoisotopic (exact) mass is 338 g/mol. The molecule has 5 heteroatoms. The van der Waals surface area contributed by atoms with Crippen molar-refractivity contribution in [2.75, 3.05) is 7.05 Å². The van der Waals surface area contributed by atoms with E-state index in [1.165, 1.54) is 0 Å². The topological polar surface area (TPSA) is 33.2 Å². The molecule has 3 nitrogen and oxygen atoms in total. The van der Waals surface area contributed by atoms with Crippen LogP contribution in [0.5, 0.6) is 0 Å². The first-order valence-electron chi connectivity index (χ1n) is 5.89. The zero-order chi connectivity index (χ0) is 14.0. The number of benzene rings is 1. The number of carbonyl (C=O) groups is 1. The first-order valence-corrected chi connectivity index (χ1v) is 7.56. The Morgan fingerprint density at radius 3 is 2.68 bits per heavy atom. The predicted octanol–water partition coefficient (Wildman–Crippen LogP) is 3.79. The maximum Gasteiger partial charge on any atom is 0.253 e. The van der Waals surface area contributed by atoms with Crippen LogP contribution in [-0.4, -0.2) is 22.8 Å². The van der Waals surface area contributed by atoms with Gasteiger partial charge < -0.3 is 4.90 Å². The lowest BCUT2D eigenvalue weighted by Crippen LogP contribution is -2.26. The van der Waals surface area contributed by atoms with Crippen LogP contribution in [0, 0.1) is 13.8 Å². The van der Waals surface area contributed by atoms with Gasteiger partial charge in [0.25, 0.3) is 5.91 Å². The molecule has 0 bridgehead atoms. The Balaban J connectivity index is 2.14. The fourth-order valence-electron chi connectivity index (χ4n) is 1.88. The Labute approximate surface area is 125 Å². The Hall–Kier alpha value is -1.20. The van der Waals surface area contributed by atoms with Gasteiger partial charge in [-0.3, -0.25) is 4.79 Å². The smallest absolute Gasteiger partial charge is 0.253 e. The van der Waals surface area contributed by atoms with Gasteiger partial charge in [0.05, 0.1) is 17.2 Å². The van der Waals surface area contributed by atoms with E-state index in [1.54, 1.807) is 23.3 Å². The molecule has 1 heterocycles. The number of nitrogens with zero attached hydrogens (tertiary/aromatic N) is 2. The molecule has 1 aromatic heterocycles. The Kier molecular flexibility index (Phi) is 4.37. The summed E-state index contributed by atoms with van der Waals surface area (Å²) in [6.07, 6.45) is 0. The van der Waals surface area contributed by atoms with Crippen molar-refractivity contribution in [2.45, 2.75) is 20.4 Å². The molecular formula is C14H15BrN2OS. The van der Waals surface area contributed by atoms with E-state index in [1.807, 2.05) is 37.4 Å². The number of hydrogen-bond donors (Lipinski definition) is 0. The molecule has 19 heavy (non-hydrogen) atoms. The molecule has 0 aliphatic heterocycles. The molecular weight excluding hydrogens is 324 g/mol. The van der Waals surface area contributed by atoms with Gasteiger partial charge >= 0.3 is 0 Å². The molecule has 0 aliphatic rings. The van der Waals surface area contributed by atoms with Crippen LogP contribution in [0.15, 0.2) is 28.1 Å². The highest BCUT2D eigenvalue weighted by atomic mass is 79.9. The van der Waals surface area contributed by atoms with E-state index in [0.717, 1.165) is 20.7 Å². The SMILES string of the molecule is Cc1cc(Br)cc(C(=O)N(C)Cc2csc(C)n2)c1. The molecule has 1 aromatic carbocycles. The average Bonchev–Trinajstić information content (AvgIpc) is 2.72. The summed E-state index contributed by atoms with van der Waals surface area (Å²) in [5, 5.41) is 3.01. The molecule has 0 atom stereocenters. The summed E-state index contributed by atoms with van der Waals surface area (Å²) in [7, 11) is 1.80. The van der Waals surface area contributed by atoms with Gasteiger partial charge in [0.15, 0.2) is 0 Å². The lowest BCUT2D eigenvalue weighted by molar-refractivity contribution is 0.0783. The normalized spacial score (nSPS) is 10.5. The highest BCUT2D eigenvalue weighted by Gasteiger charge is 2.14. The minimum absolute atomic E-state index is 0.00931. The van der Waals surface area contributed by atoms with E-state index in [9.17, 15) is 4.79 Å². The van der Waals surface area contributed by atoms with Crippen LogP contribution >= 0.6 is 27.3 Å². The van der Waals surface area contributed by atoms with Crippen LogP contribution in [0.2, 0.25) is 0 Å². The van der Waals surface area contributed by atoms with Gasteiger partial charge in [-0.05, 0) is 37.6 Å². The van der Waals surface area contributed by atoms with Crippen molar-refractivity contribution in [3.8, 4) is 0 Å². The summed E-state index contributed by atoms with van der Waals surface area (Å²) in [5.74, 6) is 0.00931. The lowest BCUT2D eigenvalue weighted by Gasteiger charge is -2.16. The highest BCUT2D eigenvalue weighted by molar-refractivity contribution is 9.10. The fraction of sp³-hybridized carbons (Fsp3) is 0.286. The lowest BCUT2D eigenvalue weighted by atomic mass is 10.1. The van der Waals surface area contributed by atoms with Crippen LogP contribution in [0.1, 0.15) is 26.6 Å². The first-order chi connectivity index (χ1) is 8.95. The summed E-state index contributed by atoms with van der Waals surface area (Å²) in [5.41, 5.74) is 2.70. The van der Waals surface area contributed by atoms with Crippen molar-refractivity contribution in [3.05, 3.63) is 49.9 Å². The number of hydrogen-bond acceptors (Lipinski definition) is 3.